The minimum atomic E-state index is -0.147. The van der Waals surface area contributed by atoms with Crippen molar-refractivity contribution in [3.05, 3.63) is 0 Å². The molecule has 0 unspecified atom stereocenters. The first-order chi connectivity index (χ1) is 5.49. The molecule has 0 aliphatic carbocycles. The Morgan fingerprint density at radius 3 is 2.33 bits per heavy atom. The number of hydrogen-bond acceptors (Lipinski definition) is 4. The predicted molar refractivity (Wildman–Crippen MR) is 53.1 cm³/mol. The number of nitrogens with two attached hydrogens (primary N) is 1. The fraction of sp³-hybridized carbons (Fsp3) is 1.00. The minimum Gasteiger partial charge on any atom is -0.369 e. The molecule has 0 saturated heterocycles. The first kappa shape index (κ1) is 12.2. The van der Waals surface area contributed by atoms with E-state index in [1.807, 2.05) is 27.0 Å². The van der Waals surface area contributed by atoms with Gasteiger partial charge >= 0.3 is 0 Å². The Kier molecular flexibility index (Phi) is 5.92. The molecule has 4 heteroatoms. The van der Waals surface area contributed by atoms with E-state index in [9.17, 15) is 0 Å². The summed E-state index contributed by atoms with van der Waals surface area (Å²) in [6, 6.07) is 0. The van der Waals surface area contributed by atoms with Crippen molar-refractivity contribution in [2.75, 3.05) is 19.4 Å². The van der Waals surface area contributed by atoms with Gasteiger partial charge < -0.3 is 14.7 Å². The summed E-state index contributed by atoms with van der Waals surface area (Å²) >= 11 is 1.34. The van der Waals surface area contributed by atoms with Crippen LogP contribution < -0.4 is 5.73 Å². The molecule has 0 aromatic rings. The van der Waals surface area contributed by atoms with Crippen LogP contribution in [0.4, 0.5) is 0 Å². The lowest BCUT2D eigenvalue weighted by atomic mass is 10.2. The van der Waals surface area contributed by atoms with Crippen molar-refractivity contribution >= 4 is 12.0 Å². The van der Waals surface area contributed by atoms with E-state index in [2.05, 4.69) is 0 Å². The average Bonchev–Trinajstić information content (AvgIpc) is 1.95. The van der Waals surface area contributed by atoms with E-state index in [4.69, 9.17) is 14.7 Å². The molecule has 0 aliphatic heterocycles. The summed E-state index contributed by atoms with van der Waals surface area (Å²) in [6.07, 6.45) is 1.88. The van der Waals surface area contributed by atoms with E-state index in [1.165, 1.54) is 12.0 Å². The first-order valence-corrected chi connectivity index (χ1v) is 5.18. The van der Waals surface area contributed by atoms with Crippen LogP contribution in [0.1, 0.15) is 20.8 Å². The number of hydrogen-bond donors (Lipinski definition) is 1. The Hall–Kier alpha value is 0.230. The highest BCUT2D eigenvalue weighted by Gasteiger charge is 2.17. The highest BCUT2D eigenvalue weighted by atomic mass is 32.2. The lowest BCUT2D eigenvalue weighted by Crippen LogP contribution is -2.35. The molecule has 0 heterocycles. The van der Waals surface area contributed by atoms with E-state index >= 15 is 0 Å². The molecule has 74 valence electrons. The maximum Gasteiger partial charge on any atom is 0.0950 e. The van der Waals surface area contributed by atoms with Crippen molar-refractivity contribution in [2.45, 2.75) is 32.5 Å². The van der Waals surface area contributed by atoms with Gasteiger partial charge in [0.15, 0.2) is 0 Å². The van der Waals surface area contributed by atoms with Crippen LogP contribution in [-0.2, 0) is 8.92 Å². The summed E-state index contributed by atoms with van der Waals surface area (Å²) in [4.78, 5) is 0. The molecule has 0 aromatic carbocycles. The molecular weight excluding hydrogens is 174 g/mol. The summed E-state index contributed by atoms with van der Waals surface area (Å²) in [5.74, 6) is 0. The van der Waals surface area contributed by atoms with Crippen LogP contribution in [0.3, 0.4) is 0 Å². The quantitative estimate of drug-likeness (QED) is 0.671. The highest BCUT2D eigenvalue weighted by Crippen LogP contribution is 2.11. The zero-order valence-corrected chi connectivity index (χ0v) is 9.11. The van der Waals surface area contributed by atoms with Crippen molar-refractivity contribution < 1.29 is 8.92 Å². The fourth-order valence-electron chi connectivity index (χ4n) is 0.794. The van der Waals surface area contributed by atoms with Crippen LogP contribution in [0.15, 0.2) is 0 Å². The van der Waals surface area contributed by atoms with Gasteiger partial charge in [0.2, 0.25) is 0 Å². The molecule has 12 heavy (non-hydrogen) atoms. The predicted octanol–water partition coefficient (Wildman–Crippen LogP) is 1.42. The van der Waals surface area contributed by atoms with Crippen molar-refractivity contribution in [2.24, 2.45) is 5.73 Å². The van der Waals surface area contributed by atoms with Gasteiger partial charge in [-0.05, 0) is 32.8 Å². The van der Waals surface area contributed by atoms with Gasteiger partial charge in [-0.15, -0.1) is 0 Å². The lowest BCUT2D eigenvalue weighted by Gasteiger charge is -2.26. The zero-order valence-electron chi connectivity index (χ0n) is 8.29. The molecule has 0 bridgehead atoms. The molecule has 0 amide bonds. The topological polar surface area (TPSA) is 44.5 Å². The van der Waals surface area contributed by atoms with Gasteiger partial charge in [-0.1, -0.05) is 0 Å². The van der Waals surface area contributed by atoms with Crippen LogP contribution in [0.5, 0.6) is 0 Å². The Balaban J connectivity index is 3.67. The standard InChI is InChI=1S/C8H19NO2S/c1-8(2,3)11-7(5-9)6-10-12-4/h7H,5-6,9H2,1-4H3/t7-/m0/s1. The second-order valence-corrected chi connectivity index (χ2v) is 4.11. The van der Waals surface area contributed by atoms with Gasteiger partial charge in [-0.25, -0.2) is 0 Å². The Morgan fingerprint density at radius 2 is 2.00 bits per heavy atom. The van der Waals surface area contributed by atoms with Gasteiger partial charge in [0.25, 0.3) is 0 Å². The molecule has 0 rings (SSSR count). The van der Waals surface area contributed by atoms with E-state index in [-0.39, 0.29) is 11.7 Å². The van der Waals surface area contributed by atoms with Gasteiger partial charge in [0.1, 0.15) is 0 Å². The molecule has 0 saturated carbocycles. The lowest BCUT2D eigenvalue weighted by molar-refractivity contribution is -0.0689. The molecule has 0 aromatic heterocycles. The Labute approximate surface area is 79.2 Å². The van der Waals surface area contributed by atoms with E-state index in [0.717, 1.165) is 0 Å². The zero-order chi connectivity index (χ0) is 9.61. The third-order valence-electron chi connectivity index (χ3n) is 1.15. The van der Waals surface area contributed by atoms with Gasteiger partial charge in [0.05, 0.1) is 18.3 Å². The smallest absolute Gasteiger partial charge is 0.0950 e. The van der Waals surface area contributed by atoms with Crippen molar-refractivity contribution in [3.63, 3.8) is 0 Å². The molecule has 1 atom stereocenters. The van der Waals surface area contributed by atoms with Crippen molar-refractivity contribution in [3.8, 4) is 0 Å². The summed E-state index contributed by atoms with van der Waals surface area (Å²) in [5, 5.41) is 0. The van der Waals surface area contributed by atoms with Crippen LogP contribution in [0, 0.1) is 0 Å². The first-order valence-electron chi connectivity index (χ1n) is 4.03. The van der Waals surface area contributed by atoms with Crippen LogP contribution in [0.2, 0.25) is 0 Å². The van der Waals surface area contributed by atoms with Gasteiger partial charge in [-0.2, -0.15) is 0 Å². The summed E-state index contributed by atoms with van der Waals surface area (Å²) in [5.41, 5.74) is 5.36. The third-order valence-corrected chi connectivity index (χ3v) is 1.53. The van der Waals surface area contributed by atoms with Crippen molar-refractivity contribution in [1.82, 2.24) is 0 Å². The average molecular weight is 193 g/mol. The molecule has 0 fully saturated rings. The maximum absolute atomic E-state index is 5.63. The Morgan fingerprint density at radius 1 is 1.42 bits per heavy atom. The van der Waals surface area contributed by atoms with E-state index in [0.29, 0.717) is 13.2 Å². The Bertz CT molecular complexity index is 114. The van der Waals surface area contributed by atoms with Gasteiger partial charge in [0, 0.05) is 12.8 Å². The second-order valence-electron chi connectivity index (χ2n) is 3.54. The van der Waals surface area contributed by atoms with Crippen molar-refractivity contribution in [1.29, 1.82) is 0 Å². The van der Waals surface area contributed by atoms with Crippen LogP contribution in [0.25, 0.3) is 0 Å². The summed E-state index contributed by atoms with van der Waals surface area (Å²) in [7, 11) is 0. The summed E-state index contributed by atoms with van der Waals surface area (Å²) < 4.78 is 10.8. The van der Waals surface area contributed by atoms with E-state index < -0.39 is 0 Å². The van der Waals surface area contributed by atoms with E-state index in [1.54, 1.807) is 0 Å². The largest absolute Gasteiger partial charge is 0.369 e. The molecule has 2 N–H and O–H groups in total. The highest BCUT2D eigenvalue weighted by molar-refractivity contribution is 7.93. The number of ether oxygens (including phenoxy) is 1. The molecule has 0 radical (unpaired) electrons. The monoisotopic (exact) mass is 193 g/mol. The second kappa shape index (κ2) is 5.80. The molecule has 0 aliphatic rings. The maximum atomic E-state index is 5.63. The van der Waals surface area contributed by atoms with Crippen LogP contribution >= 0.6 is 12.0 Å². The molecule has 0 spiro atoms. The third kappa shape index (κ3) is 6.91. The molecular formula is C8H19NO2S. The number of rotatable bonds is 5. The fourth-order valence-corrected chi connectivity index (χ4v) is 1.08. The SMILES string of the molecule is CSOC[C@H](CN)OC(C)(C)C. The van der Waals surface area contributed by atoms with Crippen LogP contribution in [-0.4, -0.2) is 31.1 Å². The normalized spacial score (nSPS) is 14.8. The molecule has 3 nitrogen and oxygen atoms in total. The van der Waals surface area contributed by atoms with Gasteiger partial charge in [-0.3, -0.25) is 0 Å². The minimum absolute atomic E-state index is 0.00236. The summed E-state index contributed by atoms with van der Waals surface area (Å²) in [6.45, 7) is 7.07.